The zero-order valence-corrected chi connectivity index (χ0v) is 15.8. The molecular formula is C22H22N4O2. The number of anilines is 1. The largest absolute Gasteiger partial charge is 0.457 e. The number of hydrogen-bond donors (Lipinski definition) is 0. The topological polar surface area (TPSA) is 58.6 Å². The minimum absolute atomic E-state index is 0.0128. The Bertz CT molecular complexity index is 936. The summed E-state index contributed by atoms with van der Waals surface area (Å²) < 4.78 is 5.95. The Hall–Kier alpha value is -3.41. The van der Waals surface area contributed by atoms with Crippen LogP contribution >= 0.6 is 0 Å². The highest BCUT2D eigenvalue weighted by Crippen LogP contribution is 2.26. The third-order valence-corrected chi connectivity index (χ3v) is 4.76. The summed E-state index contributed by atoms with van der Waals surface area (Å²) in [7, 11) is 0. The molecule has 28 heavy (non-hydrogen) atoms. The number of ether oxygens (including phenoxy) is 1. The van der Waals surface area contributed by atoms with Gasteiger partial charge in [-0.05, 0) is 43.3 Å². The van der Waals surface area contributed by atoms with Gasteiger partial charge < -0.3 is 14.5 Å². The van der Waals surface area contributed by atoms with Crippen LogP contribution in [0.3, 0.4) is 0 Å². The number of carbonyl (C=O) groups excluding carboxylic acids is 1. The van der Waals surface area contributed by atoms with Gasteiger partial charge in [0, 0.05) is 26.2 Å². The maximum Gasteiger partial charge on any atom is 0.257 e. The summed E-state index contributed by atoms with van der Waals surface area (Å²) in [6.07, 6.45) is 0. The summed E-state index contributed by atoms with van der Waals surface area (Å²) in [5.74, 6) is 2.13. The number of nitrogens with zero attached hydrogens (tertiary/aromatic N) is 4. The Balaban J connectivity index is 1.45. The van der Waals surface area contributed by atoms with Crippen LogP contribution < -0.4 is 9.64 Å². The van der Waals surface area contributed by atoms with Crippen molar-refractivity contribution in [1.82, 2.24) is 15.1 Å². The van der Waals surface area contributed by atoms with Crippen LogP contribution in [0.5, 0.6) is 11.5 Å². The molecule has 3 aromatic rings. The summed E-state index contributed by atoms with van der Waals surface area (Å²) in [6.45, 7) is 4.64. The lowest BCUT2D eigenvalue weighted by atomic mass is 10.1. The van der Waals surface area contributed by atoms with Crippen molar-refractivity contribution < 1.29 is 9.53 Å². The van der Waals surface area contributed by atoms with E-state index < -0.39 is 0 Å². The zero-order valence-electron chi connectivity index (χ0n) is 15.8. The Morgan fingerprint density at radius 1 is 0.857 bits per heavy atom. The van der Waals surface area contributed by atoms with E-state index in [1.54, 1.807) is 0 Å². The SMILES string of the molecule is Cc1ccc(N2CCN(C(=O)c3ccccc3Oc3ccccc3)CC2)nn1. The van der Waals surface area contributed by atoms with Crippen molar-refractivity contribution in [1.29, 1.82) is 0 Å². The fourth-order valence-electron chi connectivity index (χ4n) is 3.22. The first-order chi connectivity index (χ1) is 13.7. The smallest absolute Gasteiger partial charge is 0.257 e. The van der Waals surface area contributed by atoms with Crippen LogP contribution in [-0.4, -0.2) is 47.2 Å². The predicted octanol–water partition coefficient (Wildman–Crippen LogP) is 3.54. The molecule has 0 unspecified atom stereocenters. The van der Waals surface area contributed by atoms with Crippen molar-refractivity contribution >= 4 is 11.7 Å². The lowest BCUT2D eigenvalue weighted by molar-refractivity contribution is 0.0744. The van der Waals surface area contributed by atoms with Gasteiger partial charge in [-0.25, -0.2) is 0 Å². The van der Waals surface area contributed by atoms with E-state index in [-0.39, 0.29) is 5.91 Å². The average Bonchev–Trinajstić information content (AvgIpc) is 2.75. The van der Waals surface area contributed by atoms with Gasteiger partial charge in [-0.2, -0.15) is 5.10 Å². The molecule has 1 saturated heterocycles. The van der Waals surface area contributed by atoms with E-state index in [1.807, 2.05) is 78.6 Å². The van der Waals surface area contributed by atoms with Crippen molar-refractivity contribution in [2.24, 2.45) is 0 Å². The molecule has 6 heteroatoms. The van der Waals surface area contributed by atoms with Gasteiger partial charge >= 0.3 is 0 Å². The predicted molar refractivity (Wildman–Crippen MR) is 108 cm³/mol. The van der Waals surface area contributed by atoms with E-state index in [9.17, 15) is 4.79 Å². The minimum atomic E-state index is -0.0128. The van der Waals surface area contributed by atoms with Crippen molar-refractivity contribution in [3.05, 3.63) is 78.0 Å². The van der Waals surface area contributed by atoms with Crippen LogP contribution in [0, 0.1) is 6.92 Å². The van der Waals surface area contributed by atoms with Crippen LogP contribution in [0.1, 0.15) is 16.1 Å². The van der Waals surface area contributed by atoms with E-state index in [0.717, 1.165) is 24.6 Å². The van der Waals surface area contributed by atoms with Crippen molar-refractivity contribution in [2.75, 3.05) is 31.1 Å². The summed E-state index contributed by atoms with van der Waals surface area (Å²) >= 11 is 0. The van der Waals surface area contributed by atoms with Crippen LogP contribution in [-0.2, 0) is 0 Å². The second-order valence-electron chi connectivity index (χ2n) is 6.72. The molecular weight excluding hydrogens is 352 g/mol. The molecule has 1 amide bonds. The first kappa shape index (κ1) is 18.0. The number of piperazine rings is 1. The average molecular weight is 374 g/mol. The van der Waals surface area contributed by atoms with Gasteiger partial charge in [-0.1, -0.05) is 30.3 Å². The third kappa shape index (κ3) is 3.96. The summed E-state index contributed by atoms with van der Waals surface area (Å²) in [5, 5.41) is 8.36. The first-order valence-electron chi connectivity index (χ1n) is 9.37. The zero-order chi connectivity index (χ0) is 19.3. The van der Waals surface area contributed by atoms with Crippen LogP contribution in [0.4, 0.5) is 5.82 Å². The lowest BCUT2D eigenvalue weighted by Gasteiger charge is -2.35. The van der Waals surface area contributed by atoms with Crippen LogP contribution in [0.2, 0.25) is 0 Å². The molecule has 0 atom stereocenters. The standard InChI is InChI=1S/C22H22N4O2/c1-17-11-12-21(24-23-17)25-13-15-26(16-14-25)22(27)19-9-5-6-10-20(19)28-18-7-3-2-4-8-18/h2-12H,13-16H2,1H3. The summed E-state index contributed by atoms with van der Waals surface area (Å²) in [6, 6.07) is 20.8. The monoisotopic (exact) mass is 374 g/mol. The molecule has 2 heterocycles. The first-order valence-corrected chi connectivity index (χ1v) is 9.37. The molecule has 0 radical (unpaired) electrons. The lowest BCUT2D eigenvalue weighted by Crippen LogP contribution is -2.49. The minimum Gasteiger partial charge on any atom is -0.457 e. The Kier molecular flexibility index (Phi) is 5.19. The van der Waals surface area contributed by atoms with E-state index >= 15 is 0 Å². The maximum absolute atomic E-state index is 13.1. The molecule has 6 nitrogen and oxygen atoms in total. The number of para-hydroxylation sites is 2. The van der Waals surface area contributed by atoms with Crippen LogP contribution in [0.15, 0.2) is 66.7 Å². The quantitative estimate of drug-likeness (QED) is 0.699. The molecule has 0 aliphatic carbocycles. The van der Waals surface area contributed by atoms with E-state index in [4.69, 9.17) is 4.74 Å². The summed E-state index contributed by atoms with van der Waals surface area (Å²) in [4.78, 5) is 17.1. The molecule has 0 saturated carbocycles. The Morgan fingerprint density at radius 3 is 2.29 bits per heavy atom. The summed E-state index contributed by atoms with van der Waals surface area (Å²) in [5.41, 5.74) is 1.47. The highest BCUT2D eigenvalue weighted by Gasteiger charge is 2.25. The number of hydrogen-bond acceptors (Lipinski definition) is 5. The molecule has 4 rings (SSSR count). The molecule has 1 aliphatic rings. The second kappa shape index (κ2) is 8.08. The molecule has 0 spiro atoms. The van der Waals surface area contributed by atoms with E-state index in [1.165, 1.54) is 0 Å². The number of rotatable bonds is 4. The number of carbonyl (C=O) groups is 1. The highest BCUT2D eigenvalue weighted by atomic mass is 16.5. The van der Waals surface area contributed by atoms with Gasteiger partial charge in [0.05, 0.1) is 11.3 Å². The van der Waals surface area contributed by atoms with E-state index in [2.05, 4.69) is 15.1 Å². The van der Waals surface area contributed by atoms with Gasteiger partial charge in [0.2, 0.25) is 0 Å². The van der Waals surface area contributed by atoms with Gasteiger partial charge in [0.25, 0.3) is 5.91 Å². The van der Waals surface area contributed by atoms with Gasteiger partial charge in [-0.3, -0.25) is 4.79 Å². The molecule has 142 valence electrons. The molecule has 2 aromatic carbocycles. The molecule has 0 bridgehead atoms. The van der Waals surface area contributed by atoms with Crippen molar-refractivity contribution in [3.8, 4) is 11.5 Å². The number of aryl methyl sites for hydroxylation is 1. The van der Waals surface area contributed by atoms with Crippen molar-refractivity contribution in [2.45, 2.75) is 6.92 Å². The fraction of sp³-hybridized carbons (Fsp3) is 0.227. The normalized spacial score (nSPS) is 14.0. The van der Waals surface area contributed by atoms with Gasteiger partial charge in [0.15, 0.2) is 5.82 Å². The molecule has 1 aromatic heterocycles. The highest BCUT2D eigenvalue weighted by molar-refractivity contribution is 5.97. The number of benzene rings is 2. The Labute approximate surface area is 164 Å². The maximum atomic E-state index is 13.1. The fourth-order valence-corrected chi connectivity index (χ4v) is 3.22. The second-order valence-corrected chi connectivity index (χ2v) is 6.72. The molecule has 1 fully saturated rings. The van der Waals surface area contributed by atoms with Gasteiger partial charge in [0.1, 0.15) is 11.5 Å². The van der Waals surface area contributed by atoms with Gasteiger partial charge in [-0.15, -0.1) is 5.10 Å². The molecule has 0 N–H and O–H groups in total. The van der Waals surface area contributed by atoms with Crippen LogP contribution in [0.25, 0.3) is 0 Å². The number of aromatic nitrogens is 2. The van der Waals surface area contributed by atoms with E-state index in [0.29, 0.717) is 30.2 Å². The molecule has 1 aliphatic heterocycles. The third-order valence-electron chi connectivity index (χ3n) is 4.76. The number of amides is 1. The Morgan fingerprint density at radius 2 is 1.57 bits per heavy atom. The van der Waals surface area contributed by atoms with Crippen molar-refractivity contribution in [3.63, 3.8) is 0 Å².